The van der Waals surface area contributed by atoms with Crippen LogP contribution in [0.2, 0.25) is 36.3 Å². The van der Waals surface area contributed by atoms with Gasteiger partial charge in [-0.2, -0.15) is 0 Å². The van der Waals surface area contributed by atoms with E-state index in [4.69, 9.17) is 18.3 Å². The molecule has 0 N–H and O–H groups in total. The third-order valence-electron chi connectivity index (χ3n) is 14.8. The summed E-state index contributed by atoms with van der Waals surface area (Å²) in [5.41, 5.74) is 3.51. The summed E-state index contributed by atoms with van der Waals surface area (Å²) in [6.07, 6.45) is 21.2. The molecule has 0 spiro atoms. The van der Waals surface area contributed by atoms with Crippen molar-refractivity contribution in [1.29, 1.82) is 0 Å². The maximum absolute atomic E-state index is 7.57. The zero-order chi connectivity index (χ0) is 36.4. The van der Waals surface area contributed by atoms with E-state index in [1.807, 2.05) is 0 Å². The Labute approximate surface area is 311 Å². The van der Waals surface area contributed by atoms with Crippen molar-refractivity contribution in [3.05, 3.63) is 29.3 Å². The fourth-order valence-corrected chi connectivity index (χ4v) is 12.1. The molecule has 3 fully saturated rings. The third-order valence-corrected chi connectivity index (χ3v) is 23.7. The SMILES string of the molecule is CC(C)(C)[Si](C)(C)Oc1ccc2c(c1)CC[C@@H]1[C@@H]2CC[C@@]2(C)[C@H]1C[C@@H](CCCCCCCCCOC1CCCCO1)[C@@H]2O[Si](C)(C)C(C)(C)C. The van der Waals surface area contributed by atoms with Gasteiger partial charge in [-0.3, -0.25) is 0 Å². The van der Waals surface area contributed by atoms with Crippen molar-refractivity contribution in [2.75, 3.05) is 13.2 Å². The van der Waals surface area contributed by atoms with Crippen LogP contribution in [-0.4, -0.2) is 42.2 Å². The summed E-state index contributed by atoms with van der Waals surface area (Å²) in [5, 5.41) is 0.454. The Bertz CT molecular complexity index is 1230. The molecule has 0 bridgehead atoms. The molecule has 1 aromatic carbocycles. The molecule has 1 aliphatic heterocycles. The zero-order valence-corrected chi connectivity index (χ0v) is 36.6. The van der Waals surface area contributed by atoms with Crippen LogP contribution < -0.4 is 4.43 Å². The van der Waals surface area contributed by atoms with E-state index in [-0.39, 0.29) is 16.4 Å². The lowest BCUT2D eigenvalue weighted by Crippen LogP contribution is -2.51. The highest BCUT2D eigenvalue weighted by atomic mass is 28.4. The van der Waals surface area contributed by atoms with Gasteiger partial charge in [-0.15, -0.1) is 0 Å². The number of benzene rings is 1. The van der Waals surface area contributed by atoms with Crippen molar-refractivity contribution in [1.82, 2.24) is 0 Å². The summed E-state index contributed by atoms with van der Waals surface area (Å²) in [4.78, 5) is 0. The van der Waals surface area contributed by atoms with Crippen LogP contribution in [0.4, 0.5) is 0 Å². The van der Waals surface area contributed by atoms with Crippen molar-refractivity contribution in [3.8, 4) is 5.75 Å². The highest BCUT2D eigenvalue weighted by Gasteiger charge is 2.60. The van der Waals surface area contributed by atoms with Gasteiger partial charge >= 0.3 is 0 Å². The lowest BCUT2D eigenvalue weighted by Gasteiger charge is -2.52. The summed E-state index contributed by atoms with van der Waals surface area (Å²) < 4.78 is 26.0. The minimum absolute atomic E-state index is 0.0652. The Morgan fingerprint density at radius 3 is 2.16 bits per heavy atom. The average molecular weight is 727 g/mol. The van der Waals surface area contributed by atoms with Gasteiger partial charge < -0.3 is 18.3 Å². The van der Waals surface area contributed by atoms with Gasteiger partial charge in [-0.1, -0.05) is 93.1 Å². The predicted molar refractivity (Wildman–Crippen MR) is 216 cm³/mol. The minimum Gasteiger partial charge on any atom is -0.543 e. The molecule has 0 aromatic heterocycles. The van der Waals surface area contributed by atoms with Gasteiger partial charge in [-0.05, 0) is 153 Å². The van der Waals surface area contributed by atoms with E-state index >= 15 is 0 Å². The summed E-state index contributed by atoms with van der Waals surface area (Å²) in [5.74, 6) is 4.08. The van der Waals surface area contributed by atoms with E-state index in [0.29, 0.717) is 23.4 Å². The van der Waals surface area contributed by atoms with Crippen LogP contribution in [0.25, 0.3) is 0 Å². The molecule has 0 amide bonds. The van der Waals surface area contributed by atoms with Gasteiger partial charge in [0.1, 0.15) is 5.75 Å². The zero-order valence-electron chi connectivity index (χ0n) is 34.6. The first-order valence-electron chi connectivity index (χ1n) is 21.2. The van der Waals surface area contributed by atoms with Crippen LogP contribution in [0.1, 0.15) is 162 Å². The van der Waals surface area contributed by atoms with Crippen molar-refractivity contribution in [2.45, 2.75) is 206 Å². The first-order valence-corrected chi connectivity index (χ1v) is 27.0. The summed E-state index contributed by atoms with van der Waals surface area (Å²) >= 11 is 0. The number of fused-ring (bicyclic) bond motifs is 5. The van der Waals surface area contributed by atoms with E-state index in [1.54, 1.807) is 11.1 Å². The van der Waals surface area contributed by atoms with Gasteiger partial charge in [0.2, 0.25) is 8.32 Å². The summed E-state index contributed by atoms with van der Waals surface area (Å²) in [6.45, 7) is 28.4. The fraction of sp³-hybridized carbons (Fsp3) is 0.864. The molecule has 4 nitrogen and oxygen atoms in total. The number of ether oxygens (including phenoxy) is 2. The lowest BCUT2D eigenvalue weighted by atomic mass is 9.55. The Balaban J connectivity index is 1.18. The van der Waals surface area contributed by atoms with Crippen LogP contribution in [0.15, 0.2) is 18.2 Å². The molecule has 1 heterocycles. The van der Waals surface area contributed by atoms with Crippen LogP contribution in [0.5, 0.6) is 5.75 Å². The molecular weight excluding hydrogens is 649 g/mol. The van der Waals surface area contributed by atoms with E-state index < -0.39 is 16.6 Å². The van der Waals surface area contributed by atoms with Crippen LogP contribution in [0, 0.1) is 23.2 Å². The Kier molecular flexibility index (Phi) is 13.3. The highest BCUT2D eigenvalue weighted by Crippen LogP contribution is 2.64. The topological polar surface area (TPSA) is 36.9 Å². The van der Waals surface area contributed by atoms with E-state index in [9.17, 15) is 0 Å². The van der Waals surface area contributed by atoms with Crippen molar-refractivity contribution < 1.29 is 18.3 Å². The Morgan fingerprint density at radius 1 is 0.820 bits per heavy atom. The summed E-state index contributed by atoms with van der Waals surface area (Å²) in [6, 6.07) is 7.23. The quantitative estimate of drug-likeness (QED) is 0.133. The second kappa shape index (κ2) is 16.4. The number of hydrogen-bond acceptors (Lipinski definition) is 4. The molecular formula is C44H78O4Si2. The van der Waals surface area contributed by atoms with Crippen LogP contribution >= 0.6 is 0 Å². The molecule has 4 aliphatic rings. The second-order valence-electron chi connectivity index (χ2n) is 20.4. The predicted octanol–water partition coefficient (Wildman–Crippen LogP) is 13.2. The van der Waals surface area contributed by atoms with Gasteiger partial charge in [0, 0.05) is 13.2 Å². The van der Waals surface area contributed by atoms with Crippen LogP contribution in [-0.2, 0) is 20.3 Å². The highest BCUT2D eigenvalue weighted by molar-refractivity contribution is 6.75. The monoisotopic (exact) mass is 727 g/mol. The molecule has 286 valence electrons. The molecule has 0 radical (unpaired) electrons. The largest absolute Gasteiger partial charge is 0.543 e. The van der Waals surface area contributed by atoms with E-state index in [2.05, 4.69) is 92.9 Å². The normalized spacial score (nSPS) is 30.5. The number of unbranched alkanes of at least 4 members (excludes halogenated alkanes) is 6. The van der Waals surface area contributed by atoms with E-state index in [0.717, 1.165) is 37.2 Å². The molecule has 5 rings (SSSR count). The Morgan fingerprint density at radius 2 is 1.50 bits per heavy atom. The standard InChI is InChI=1S/C44H78O4Si2/c1-42(2,3)49(8,9)47-35-24-26-36-33(31-35)23-25-38-37(36)27-28-44(7)39(38)32-34(41(44)48-50(10,11)43(4,5)6)21-17-15-13-12-14-16-19-29-45-40-22-18-20-30-46-40/h24,26,31,34,37-41H,12-23,25,27-30,32H2,1-11H3/t34-,37-,38-,39+,40?,41+,44+/m1/s1. The lowest BCUT2D eigenvalue weighted by molar-refractivity contribution is -0.162. The molecule has 7 atom stereocenters. The van der Waals surface area contributed by atoms with E-state index in [1.165, 1.54) is 96.3 Å². The maximum Gasteiger partial charge on any atom is 0.250 e. The summed E-state index contributed by atoms with van der Waals surface area (Å²) in [7, 11) is -3.75. The van der Waals surface area contributed by atoms with Crippen molar-refractivity contribution in [3.63, 3.8) is 0 Å². The van der Waals surface area contributed by atoms with Gasteiger partial charge in [0.05, 0.1) is 6.10 Å². The average Bonchev–Trinajstić information content (AvgIpc) is 3.31. The van der Waals surface area contributed by atoms with Crippen molar-refractivity contribution in [2.24, 2.45) is 23.2 Å². The van der Waals surface area contributed by atoms with Crippen LogP contribution in [0.3, 0.4) is 0 Å². The van der Waals surface area contributed by atoms with Gasteiger partial charge in [0.15, 0.2) is 14.6 Å². The van der Waals surface area contributed by atoms with Gasteiger partial charge in [0.25, 0.3) is 0 Å². The molecule has 6 heteroatoms. The third kappa shape index (κ3) is 9.34. The second-order valence-corrected chi connectivity index (χ2v) is 29.9. The Hall–Kier alpha value is -0.666. The van der Waals surface area contributed by atoms with Crippen molar-refractivity contribution >= 4 is 16.6 Å². The smallest absolute Gasteiger partial charge is 0.250 e. The molecule has 2 saturated carbocycles. The fourth-order valence-electron chi connectivity index (χ4n) is 9.65. The minimum atomic E-state index is -1.89. The molecule has 1 saturated heterocycles. The number of aryl methyl sites for hydroxylation is 1. The first-order chi connectivity index (χ1) is 23.4. The molecule has 1 aromatic rings. The maximum atomic E-state index is 7.57. The molecule has 50 heavy (non-hydrogen) atoms. The first kappa shape index (κ1) is 40.5. The van der Waals surface area contributed by atoms with Gasteiger partial charge in [-0.25, -0.2) is 0 Å². The number of hydrogen-bond donors (Lipinski definition) is 0. The molecule has 3 aliphatic carbocycles. The number of rotatable bonds is 15. The molecule has 1 unspecified atom stereocenters.